The number of aromatic amines is 1. The minimum atomic E-state index is -0.355. The summed E-state index contributed by atoms with van der Waals surface area (Å²) in [5, 5.41) is 10.9. The van der Waals surface area contributed by atoms with Crippen LogP contribution in [-0.4, -0.2) is 49.3 Å². The Balaban J connectivity index is 1.54. The first-order chi connectivity index (χ1) is 14.1. The summed E-state index contributed by atoms with van der Waals surface area (Å²) in [6.45, 7) is 8.46. The van der Waals surface area contributed by atoms with E-state index in [0.29, 0.717) is 19.1 Å². The maximum Gasteiger partial charge on any atom is 0.407 e. The summed E-state index contributed by atoms with van der Waals surface area (Å²) >= 11 is 0. The fourth-order valence-corrected chi connectivity index (χ4v) is 3.49. The molecule has 1 fully saturated rings. The van der Waals surface area contributed by atoms with Crippen molar-refractivity contribution >= 4 is 23.0 Å². The highest BCUT2D eigenvalue weighted by atomic mass is 16.5. The molecule has 1 atom stereocenters. The molecule has 1 heterocycles. The molecule has 1 amide bonds. The molecule has 29 heavy (non-hydrogen) atoms. The number of hydrogen-bond acceptors (Lipinski definition) is 3. The van der Waals surface area contributed by atoms with Crippen molar-refractivity contribution in [2.45, 2.75) is 46.1 Å². The van der Waals surface area contributed by atoms with Gasteiger partial charge in [-0.15, -0.1) is 0 Å². The number of carbonyl (C=O) groups excluding carboxylic acids is 1. The van der Waals surface area contributed by atoms with E-state index in [9.17, 15) is 4.79 Å². The Labute approximate surface area is 172 Å². The molecule has 0 spiro atoms. The molecule has 1 unspecified atom stereocenters. The zero-order valence-electron chi connectivity index (χ0n) is 17.7. The second-order valence-corrected chi connectivity index (χ2v) is 7.57. The van der Waals surface area contributed by atoms with E-state index in [-0.39, 0.29) is 12.1 Å². The number of aryl methyl sites for hydroxylation is 1. The lowest BCUT2D eigenvalue weighted by atomic mass is 10.1. The number of ether oxygens (including phenoxy) is 1. The van der Waals surface area contributed by atoms with E-state index in [1.165, 1.54) is 22.0 Å². The molecule has 1 aliphatic rings. The van der Waals surface area contributed by atoms with Crippen LogP contribution in [0.3, 0.4) is 0 Å². The highest BCUT2D eigenvalue weighted by Crippen LogP contribution is 2.32. The van der Waals surface area contributed by atoms with Gasteiger partial charge in [-0.25, -0.2) is 4.79 Å². The van der Waals surface area contributed by atoms with Crippen LogP contribution in [0.15, 0.2) is 29.4 Å². The number of benzene rings is 1. The molecule has 158 valence electrons. The van der Waals surface area contributed by atoms with Crippen LogP contribution in [0.25, 0.3) is 10.9 Å². The van der Waals surface area contributed by atoms with Crippen LogP contribution in [0, 0.1) is 12.8 Å². The fraction of sp³-hybridized carbons (Fsp3) is 0.545. The molecular formula is C22H33N5O2. The quantitative estimate of drug-likeness (QED) is 0.385. The topological polar surface area (TPSA) is 90.5 Å². The predicted octanol–water partition coefficient (Wildman–Crippen LogP) is 3.10. The Hall–Kier alpha value is -2.70. The van der Waals surface area contributed by atoms with Gasteiger partial charge in [0.2, 0.25) is 0 Å². The molecule has 1 aliphatic carbocycles. The lowest BCUT2D eigenvalue weighted by Crippen LogP contribution is -2.42. The summed E-state index contributed by atoms with van der Waals surface area (Å²) in [5.74, 6) is 1.28. The van der Waals surface area contributed by atoms with Crippen molar-refractivity contribution in [3.05, 3.63) is 35.5 Å². The minimum absolute atomic E-state index is 0.0290. The number of aliphatic imine (C=N–C) groups is 1. The number of amides is 1. The van der Waals surface area contributed by atoms with Crippen LogP contribution in [0.5, 0.6) is 0 Å². The van der Waals surface area contributed by atoms with Gasteiger partial charge in [-0.1, -0.05) is 12.1 Å². The molecule has 1 aromatic heterocycles. The van der Waals surface area contributed by atoms with E-state index < -0.39 is 0 Å². The van der Waals surface area contributed by atoms with E-state index in [1.807, 2.05) is 6.92 Å². The van der Waals surface area contributed by atoms with Gasteiger partial charge in [0.05, 0.1) is 19.2 Å². The summed E-state index contributed by atoms with van der Waals surface area (Å²) < 4.78 is 5.02. The Morgan fingerprint density at radius 2 is 2.14 bits per heavy atom. The van der Waals surface area contributed by atoms with E-state index in [0.717, 1.165) is 38.3 Å². The van der Waals surface area contributed by atoms with Gasteiger partial charge in [0.1, 0.15) is 0 Å². The molecule has 7 nitrogen and oxygen atoms in total. The first kappa shape index (κ1) is 21.0. The second kappa shape index (κ2) is 10.2. The molecule has 0 aliphatic heterocycles. The number of carbonyl (C=O) groups is 1. The largest absolute Gasteiger partial charge is 0.450 e. The number of rotatable bonds is 9. The van der Waals surface area contributed by atoms with E-state index >= 15 is 0 Å². The SMILES string of the molecule is CCNC(=NCC(NC(=O)OCC)C1CC1)NCCc1c[nH]c2cc(C)ccc12. The average Bonchev–Trinajstić information content (AvgIpc) is 3.46. The van der Waals surface area contributed by atoms with Gasteiger partial charge in [-0.2, -0.15) is 0 Å². The zero-order chi connectivity index (χ0) is 20.6. The van der Waals surface area contributed by atoms with Gasteiger partial charge in [-0.05, 0) is 63.1 Å². The average molecular weight is 400 g/mol. The minimum Gasteiger partial charge on any atom is -0.450 e. The lowest BCUT2D eigenvalue weighted by molar-refractivity contribution is 0.147. The highest BCUT2D eigenvalue weighted by Gasteiger charge is 2.32. The van der Waals surface area contributed by atoms with Crippen LogP contribution in [0.1, 0.15) is 37.8 Å². The second-order valence-electron chi connectivity index (χ2n) is 7.57. The number of nitrogens with one attached hydrogen (secondary N) is 4. The summed E-state index contributed by atoms with van der Waals surface area (Å²) in [5.41, 5.74) is 3.73. The number of hydrogen-bond donors (Lipinski definition) is 4. The third kappa shape index (κ3) is 6.14. The van der Waals surface area contributed by atoms with E-state index in [4.69, 9.17) is 9.73 Å². The number of guanidine groups is 1. The normalized spacial score (nSPS) is 15.2. The first-order valence-corrected chi connectivity index (χ1v) is 10.6. The van der Waals surface area contributed by atoms with Crippen molar-refractivity contribution < 1.29 is 9.53 Å². The van der Waals surface area contributed by atoms with Gasteiger partial charge in [-0.3, -0.25) is 4.99 Å². The van der Waals surface area contributed by atoms with Crippen LogP contribution in [0.4, 0.5) is 4.79 Å². The predicted molar refractivity (Wildman–Crippen MR) is 117 cm³/mol. The summed E-state index contributed by atoms with van der Waals surface area (Å²) in [6, 6.07) is 6.53. The maximum atomic E-state index is 11.8. The van der Waals surface area contributed by atoms with Crippen LogP contribution < -0.4 is 16.0 Å². The number of aromatic nitrogens is 1. The van der Waals surface area contributed by atoms with E-state index in [1.54, 1.807) is 0 Å². The third-order valence-corrected chi connectivity index (χ3v) is 5.17. The molecule has 2 aromatic rings. The van der Waals surface area contributed by atoms with Gasteiger partial charge in [0.15, 0.2) is 5.96 Å². The number of alkyl carbamates (subject to hydrolysis) is 1. The molecule has 0 radical (unpaired) electrons. The Morgan fingerprint density at radius 3 is 2.86 bits per heavy atom. The van der Waals surface area contributed by atoms with Crippen LogP contribution in [-0.2, 0) is 11.2 Å². The van der Waals surface area contributed by atoms with E-state index in [2.05, 4.69) is 59.2 Å². The molecule has 0 saturated heterocycles. The first-order valence-electron chi connectivity index (χ1n) is 10.6. The van der Waals surface area contributed by atoms with Crippen molar-refractivity contribution in [3.63, 3.8) is 0 Å². The van der Waals surface area contributed by atoms with Crippen LogP contribution in [0.2, 0.25) is 0 Å². The van der Waals surface area contributed by atoms with Crippen molar-refractivity contribution in [1.29, 1.82) is 0 Å². The zero-order valence-corrected chi connectivity index (χ0v) is 17.7. The fourth-order valence-electron chi connectivity index (χ4n) is 3.49. The van der Waals surface area contributed by atoms with Crippen LogP contribution >= 0.6 is 0 Å². The Kier molecular flexibility index (Phi) is 7.38. The van der Waals surface area contributed by atoms with Crippen molar-refractivity contribution in [2.24, 2.45) is 10.9 Å². The van der Waals surface area contributed by atoms with Gasteiger partial charge >= 0.3 is 6.09 Å². The van der Waals surface area contributed by atoms with Gasteiger partial charge in [0.25, 0.3) is 0 Å². The molecule has 1 saturated carbocycles. The Morgan fingerprint density at radius 1 is 1.31 bits per heavy atom. The third-order valence-electron chi connectivity index (χ3n) is 5.17. The lowest BCUT2D eigenvalue weighted by Gasteiger charge is -2.17. The molecule has 7 heteroatoms. The number of fused-ring (bicyclic) bond motifs is 1. The summed E-state index contributed by atoms with van der Waals surface area (Å²) in [7, 11) is 0. The van der Waals surface area contributed by atoms with Crippen molar-refractivity contribution in [2.75, 3.05) is 26.2 Å². The van der Waals surface area contributed by atoms with Crippen molar-refractivity contribution in [1.82, 2.24) is 20.9 Å². The van der Waals surface area contributed by atoms with Gasteiger partial charge in [0, 0.05) is 30.2 Å². The standard InChI is InChI=1S/C22H33N5O2/c1-4-23-21(26-14-20(16-7-8-16)27-22(28)29-5-2)24-11-10-17-13-25-19-12-15(3)6-9-18(17)19/h6,9,12-13,16,20,25H,4-5,7-8,10-11,14H2,1-3H3,(H,27,28)(H2,23,24,26). The maximum absolute atomic E-state index is 11.8. The van der Waals surface area contributed by atoms with Crippen molar-refractivity contribution in [3.8, 4) is 0 Å². The molecular weight excluding hydrogens is 366 g/mol. The molecule has 1 aromatic carbocycles. The summed E-state index contributed by atoms with van der Waals surface area (Å²) in [6.07, 6.45) is 4.91. The molecule has 0 bridgehead atoms. The number of nitrogens with zero attached hydrogens (tertiary/aromatic N) is 1. The van der Waals surface area contributed by atoms with Gasteiger partial charge < -0.3 is 25.7 Å². The smallest absolute Gasteiger partial charge is 0.407 e. The monoisotopic (exact) mass is 399 g/mol. The highest BCUT2D eigenvalue weighted by molar-refractivity contribution is 5.84. The molecule has 3 rings (SSSR count). The summed E-state index contributed by atoms with van der Waals surface area (Å²) in [4.78, 5) is 19.8. The Bertz CT molecular complexity index is 841. The molecule has 4 N–H and O–H groups in total. The number of H-pyrrole nitrogens is 1.